The highest BCUT2D eigenvalue weighted by Crippen LogP contribution is 2.36. The van der Waals surface area contributed by atoms with Crippen LogP contribution in [-0.2, 0) is 5.75 Å². The monoisotopic (exact) mass is 433 g/mol. The fourth-order valence-corrected chi connectivity index (χ4v) is 3.74. The minimum absolute atomic E-state index is 0.00336. The third kappa shape index (κ3) is 5.18. The highest BCUT2D eigenvalue weighted by Gasteiger charge is 2.16. The van der Waals surface area contributed by atoms with E-state index in [0.29, 0.717) is 16.9 Å². The van der Waals surface area contributed by atoms with Crippen molar-refractivity contribution in [2.45, 2.75) is 10.6 Å². The molecule has 0 heterocycles. The zero-order chi connectivity index (χ0) is 22.4. The number of carbonyl (C=O) groups is 1. The Morgan fingerprint density at radius 2 is 1.81 bits per heavy atom. The Hall–Kier alpha value is -3.89. The van der Waals surface area contributed by atoms with E-state index in [0.717, 1.165) is 11.0 Å². The molecule has 0 aliphatic carbocycles. The minimum atomic E-state index is -0.606. The van der Waals surface area contributed by atoms with E-state index in [-0.39, 0.29) is 28.4 Å². The number of phenols is 3. The van der Waals surface area contributed by atoms with E-state index in [1.807, 2.05) is 36.4 Å². The van der Waals surface area contributed by atoms with E-state index in [9.17, 15) is 25.4 Å². The maximum Gasteiger partial charge on any atom is 0.203 e. The maximum absolute atomic E-state index is 12.7. The fourth-order valence-electron chi connectivity index (χ4n) is 2.85. The molecule has 31 heavy (non-hydrogen) atoms. The van der Waals surface area contributed by atoms with Gasteiger partial charge in [0.15, 0.2) is 23.0 Å². The number of phenolic OH excluding ortho intramolecular Hbond substituents is 3. The predicted octanol–water partition coefficient (Wildman–Crippen LogP) is 4.89. The van der Waals surface area contributed by atoms with Crippen LogP contribution in [0.15, 0.2) is 71.1 Å². The Labute approximate surface area is 183 Å². The molecular formula is C24H19NO5S. The second-order valence-corrected chi connectivity index (χ2v) is 7.58. The first-order valence-electron chi connectivity index (χ1n) is 9.19. The number of carbonyl (C=O) groups excluding carboxylic acids is 1. The molecule has 0 aliphatic rings. The van der Waals surface area contributed by atoms with Crippen molar-refractivity contribution in [1.29, 1.82) is 5.26 Å². The highest BCUT2D eigenvalue weighted by atomic mass is 32.2. The molecule has 156 valence electrons. The summed E-state index contributed by atoms with van der Waals surface area (Å²) in [5, 5.41) is 39.0. The first kappa shape index (κ1) is 21.8. The number of methoxy groups -OCH3 is 1. The lowest BCUT2D eigenvalue weighted by Gasteiger charge is -2.11. The zero-order valence-corrected chi connectivity index (χ0v) is 17.4. The Morgan fingerprint density at radius 1 is 1.06 bits per heavy atom. The van der Waals surface area contributed by atoms with Gasteiger partial charge in [-0.15, -0.1) is 11.8 Å². The average Bonchev–Trinajstić information content (AvgIpc) is 2.79. The van der Waals surface area contributed by atoms with Crippen LogP contribution in [0.1, 0.15) is 21.5 Å². The van der Waals surface area contributed by atoms with Gasteiger partial charge in [-0.3, -0.25) is 4.79 Å². The van der Waals surface area contributed by atoms with Crippen LogP contribution < -0.4 is 4.74 Å². The smallest absolute Gasteiger partial charge is 0.203 e. The fraction of sp³-hybridized carbons (Fsp3) is 0.0833. The Kier molecular flexibility index (Phi) is 6.85. The van der Waals surface area contributed by atoms with Gasteiger partial charge >= 0.3 is 0 Å². The summed E-state index contributed by atoms with van der Waals surface area (Å²) < 4.78 is 5.25. The van der Waals surface area contributed by atoms with E-state index in [4.69, 9.17) is 4.74 Å². The molecule has 0 amide bonds. The molecule has 0 saturated heterocycles. The number of nitrogens with zero attached hydrogens (tertiary/aromatic N) is 1. The van der Waals surface area contributed by atoms with Gasteiger partial charge in [-0.05, 0) is 54.1 Å². The topological polar surface area (TPSA) is 111 Å². The van der Waals surface area contributed by atoms with E-state index < -0.39 is 11.5 Å². The van der Waals surface area contributed by atoms with Gasteiger partial charge in [-0.25, -0.2) is 0 Å². The van der Waals surface area contributed by atoms with Crippen molar-refractivity contribution in [1.82, 2.24) is 0 Å². The molecule has 3 aromatic rings. The lowest BCUT2D eigenvalue weighted by Crippen LogP contribution is -2.02. The summed E-state index contributed by atoms with van der Waals surface area (Å²) in [6.45, 7) is 0. The standard InChI is InChI=1S/C24H19NO5S/c1-30-22-11-15(10-18(24(22)29)14-31-19-5-3-2-4-6-19)9-17(13-25)23(28)16-7-8-20(26)21(27)12-16/h2-12,26-27,29H,14H2,1H3/b17-9+. The number of thioether (sulfide) groups is 1. The molecule has 0 radical (unpaired) electrons. The van der Waals surface area contributed by atoms with Crippen LogP contribution in [0.3, 0.4) is 0 Å². The second-order valence-electron chi connectivity index (χ2n) is 6.54. The molecule has 0 atom stereocenters. The highest BCUT2D eigenvalue weighted by molar-refractivity contribution is 7.98. The number of hydrogen-bond donors (Lipinski definition) is 3. The van der Waals surface area contributed by atoms with Gasteiger partial charge in [-0.1, -0.05) is 18.2 Å². The Bertz CT molecular complexity index is 1180. The number of aromatic hydroxyl groups is 3. The maximum atomic E-state index is 12.7. The lowest BCUT2D eigenvalue weighted by molar-refractivity contribution is 0.103. The summed E-state index contributed by atoms with van der Waals surface area (Å²) in [5.41, 5.74) is 0.992. The van der Waals surface area contributed by atoms with Crippen molar-refractivity contribution in [3.8, 4) is 29.1 Å². The molecule has 0 bridgehead atoms. The Balaban J connectivity index is 1.94. The quantitative estimate of drug-likeness (QED) is 0.160. The van der Waals surface area contributed by atoms with Crippen molar-refractivity contribution >= 4 is 23.6 Å². The summed E-state index contributed by atoms with van der Waals surface area (Å²) in [4.78, 5) is 13.7. The van der Waals surface area contributed by atoms with Crippen LogP contribution in [0.25, 0.3) is 6.08 Å². The molecule has 0 saturated carbocycles. The van der Waals surface area contributed by atoms with E-state index in [1.165, 1.54) is 43.1 Å². The van der Waals surface area contributed by atoms with Gasteiger partial charge in [-0.2, -0.15) is 5.26 Å². The van der Waals surface area contributed by atoms with Crippen LogP contribution in [-0.4, -0.2) is 28.2 Å². The van der Waals surface area contributed by atoms with Gasteiger partial charge in [0.25, 0.3) is 0 Å². The summed E-state index contributed by atoms with van der Waals surface area (Å²) in [6.07, 6.45) is 1.39. The van der Waals surface area contributed by atoms with Crippen molar-refractivity contribution in [3.63, 3.8) is 0 Å². The summed E-state index contributed by atoms with van der Waals surface area (Å²) in [7, 11) is 1.42. The van der Waals surface area contributed by atoms with Crippen LogP contribution in [0.2, 0.25) is 0 Å². The SMILES string of the molecule is COc1cc(/C=C(\C#N)C(=O)c2ccc(O)c(O)c2)cc(CSc2ccccc2)c1O. The molecule has 0 fully saturated rings. The van der Waals surface area contributed by atoms with Crippen LogP contribution in [0.5, 0.6) is 23.0 Å². The molecule has 3 N–H and O–H groups in total. The van der Waals surface area contributed by atoms with Crippen molar-refractivity contribution in [2.24, 2.45) is 0 Å². The number of Topliss-reactive ketones (excluding diaryl/α,β-unsaturated/α-hetero) is 1. The molecule has 3 rings (SSSR count). The molecule has 7 heteroatoms. The van der Waals surface area contributed by atoms with Crippen LogP contribution in [0, 0.1) is 11.3 Å². The average molecular weight is 433 g/mol. The van der Waals surface area contributed by atoms with Gasteiger partial charge in [0, 0.05) is 21.8 Å². The number of hydrogen-bond acceptors (Lipinski definition) is 7. The van der Waals surface area contributed by atoms with E-state index >= 15 is 0 Å². The first-order chi connectivity index (χ1) is 14.9. The number of nitriles is 1. The molecule has 3 aromatic carbocycles. The predicted molar refractivity (Wildman–Crippen MR) is 118 cm³/mol. The van der Waals surface area contributed by atoms with Gasteiger partial charge in [0.1, 0.15) is 11.6 Å². The number of rotatable bonds is 7. The van der Waals surface area contributed by atoms with Crippen molar-refractivity contribution < 1.29 is 24.9 Å². The molecule has 0 aliphatic heterocycles. The third-order valence-corrected chi connectivity index (χ3v) is 5.51. The van der Waals surface area contributed by atoms with E-state index in [2.05, 4.69) is 0 Å². The lowest BCUT2D eigenvalue weighted by atomic mass is 10.0. The molecular weight excluding hydrogens is 414 g/mol. The molecule has 0 spiro atoms. The largest absolute Gasteiger partial charge is 0.504 e. The molecule has 0 aromatic heterocycles. The van der Waals surface area contributed by atoms with Crippen molar-refractivity contribution in [2.75, 3.05) is 7.11 Å². The summed E-state index contributed by atoms with van der Waals surface area (Å²) >= 11 is 1.53. The normalized spacial score (nSPS) is 11.0. The van der Waals surface area contributed by atoms with Gasteiger partial charge in [0.2, 0.25) is 5.78 Å². The number of benzene rings is 3. The van der Waals surface area contributed by atoms with Gasteiger partial charge < -0.3 is 20.1 Å². The second kappa shape index (κ2) is 9.74. The van der Waals surface area contributed by atoms with Crippen LogP contribution >= 0.6 is 11.8 Å². The van der Waals surface area contributed by atoms with E-state index in [1.54, 1.807) is 6.07 Å². The Morgan fingerprint density at radius 3 is 2.45 bits per heavy atom. The van der Waals surface area contributed by atoms with Gasteiger partial charge in [0.05, 0.1) is 7.11 Å². The number of ketones is 1. The summed E-state index contributed by atoms with van der Waals surface area (Å²) in [6, 6.07) is 18.4. The first-order valence-corrected chi connectivity index (χ1v) is 10.2. The van der Waals surface area contributed by atoms with Crippen molar-refractivity contribution in [3.05, 3.63) is 82.9 Å². The molecule has 6 nitrogen and oxygen atoms in total. The van der Waals surface area contributed by atoms with Crippen LogP contribution in [0.4, 0.5) is 0 Å². The zero-order valence-electron chi connectivity index (χ0n) is 16.6. The molecule has 0 unspecified atom stereocenters. The summed E-state index contributed by atoms with van der Waals surface area (Å²) in [5.74, 6) is -0.737. The third-order valence-electron chi connectivity index (χ3n) is 4.45. The number of ether oxygens (including phenoxy) is 1. The minimum Gasteiger partial charge on any atom is -0.504 e. The number of allylic oxidation sites excluding steroid dienone is 1.